The number of benzene rings is 1. The monoisotopic (exact) mass is 237 g/mol. The molecule has 0 unspecified atom stereocenters. The molecule has 0 aliphatic heterocycles. The van der Waals surface area contributed by atoms with Crippen LogP contribution in [0.5, 0.6) is 11.5 Å². The molecule has 0 spiro atoms. The Balaban J connectivity index is 2.62. The first-order valence-corrected chi connectivity index (χ1v) is 5.19. The van der Waals surface area contributed by atoms with Crippen LogP contribution in [0.1, 0.15) is 12.5 Å². The third-order valence-corrected chi connectivity index (χ3v) is 1.99. The zero-order valence-electron chi connectivity index (χ0n) is 9.84. The van der Waals surface area contributed by atoms with E-state index < -0.39 is 5.97 Å². The zero-order valence-corrected chi connectivity index (χ0v) is 9.84. The van der Waals surface area contributed by atoms with Gasteiger partial charge in [0.1, 0.15) is 18.0 Å². The number of hydrogen-bond acceptors (Lipinski definition) is 5. The predicted octanol–water partition coefficient (Wildman–Crippen LogP) is 1.38. The van der Waals surface area contributed by atoms with Crippen LogP contribution >= 0.6 is 0 Å². The normalized spacial score (nSPS) is 10.5. The molecular weight excluding hydrogens is 222 g/mol. The Morgan fingerprint density at radius 1 is 1.53 bits per heavy atom. The lowest BCUT2D eigenvalue weighted by molar-refractivity contribution is -0.141. The maximum Gasteiger partial charge on any atom is 0.327 e. The number of esters is 1. The third-order valence-electron chi connectivity index (χ3n) is 1.99. The maximum atomic E-state index is 11.0. The molecule has 92 valence electrons. The summed E-state index contributed by atoms with van der Waals surface area (Å²) >= 11 is 0. The second-order valence-electron chi connectivity index (χ2n) is 3.20. The van der Waals surface area contributed by atoms with Gasteiger partial charge in [-0.05, 0) is 19.1 Å². The summed E-state index contributed by atoms with van der Waals surface area (Å²) in [6.07, 6.45) is 1.42. The summed E-state index contributed by atoms with van der Waals surface area (Å²) in [7, 11) is 1.52. The molecule has 5 nitrogen and oxygen atoms in total. The number of carbonyl (C=O) groups is 1. The maximum absolute atomic E-state index is 11.0. The Bertz CT molecular complexity index is 415. The molecule has 1 N–H and O–H groups in total. The first-order valence-electron chi connectivity index (χ1n) is 5.19. The van der Waals surface area contributed by atoms with Crippen LogP contribution in [0.3, 0.4) is 0 Å². The van der Waals surface area contributed by atoms with Crippen molar-refractivity contribution in [2.45, 2.75) is 6.92 Å². The molecule has 1 aromatic rings. The van der Waals surface area contributed by atoms with Crippen LogP contribution in [-0.4, -0.2) is 37.6 Å². The minimum Gasteiger partial charge on any atom is -0.507 e. The first-order chi connectivity index (χ1) is 8.17. The van der Waals surface area contributed by atoms with E-state index in [1.54, 1.807) is 19.1 Å². The number of methoxy groups -OCH3 is 1. The smallest absolute Gasteiger partial charge is 0.327 e. The molecule has 0 radical (unpaired) electrons. The molecule has 0 saturated carbocycles. The Morgan fingerprint density at radius 3 is 2.88 bits per heavy atom. The van der Waals surface area contributed by atoms with E-state index >= 15 is 0 Å². The third kappa shape index (κ3) is 4.14. The average Bonchev–Trinajstić information content (AvgIpc) is 2.31. The fourth-order valence-corrected chi connectivity index (χ4v) is 1.18. The number of nitrogens with zero attached hydrogens (tertiary/aromatic N) is 1. The van der Waals surface area contributed by atoms with Crippen LogP contribution in [0.15, 0.2) is 23.2 Å². The van der Waals surface area contributed by atoms with Gasteiger partial charge in [0.05, 0.1) is 13.7 Å². The van der Waals surface area contributed by atoms with Crippen LogP contribution in [0.2, 0.25) is 0 Å². The van der Waals surface area contributed by atoms with E-state index in [2.05, 4.69) is 4.99 Å². The van der Waals surface area contributed by atoms with Crippen molar-refractivity contribution in [3.8, 4) is 11.5 Å². The van der Waals surface area contributed by atoms with Crippen LogP contribution in [0.4, 0.5) is 0 Å². The summed E-state index contributed by atoms with van der Waals surface area (Å²) in [5, 5.41) is 9.60. The van der Waals surface area contributed by atoms with E-state index in [1.807, 2.05) is 0 Å². The minimum absolute atomic E-state index is 0.0527. The second kappa shape index (κ2) is 6.52. The van der Waals surface area contributed by atoms with Gasteiger partial charge in [0, 0.05) is 17.8 Å². The molecule has 0 saturated heterocycles. The van der Waals surface area contributed by atoms with Gasteiger partial charge in [-0.3, -0.25) is 9.79 Å². The van der Waals surface area contributed by atoms with Crippen molar-refractivity contribution in [3.63, 3.8) is 0 Å². The van der Waals surface area contributed by atoms with Crippen molar-refractivity contribution in [1.29, 1.82) is 0 Å². The summed E-state index contributed by atoms with van der Waals surface area (Å²) in [5.74, 6) is 0.221. The van der Waals surface area contributed by atoms with Crippen LogP contribution in [0.25, 0.3) is 0 Å². The molecule has 0 amide bonds. The van der Waals surface area contributed by atoms with Gasteiger partial charge in [0.2, 0.25) is 0 Å². The van der Waals surface area contributed by atoms with E-state index in [-0.39, 0.29) is 12.3 Å². The molecule has 5 heteroatoms. The largest absolute Gasteiger partial charge is 0.507 e. The Labute approximate surface area is 99.7 Å². The van der Waals surface area contributed by atoms with E-state index in [9.17, 15) is 9.90 Å². The summed E-state index contributed by atoms with van der Waals surface area (Å²) in [4.78, 5) is 14.9. The fourth-order valence-electron chi connectivity index (χ4n) is 1.18. The summed E-state index contributed by atoms with van der Waals surface area (Å²) in [6, 6.07) is 4.83. The van der Waals surface area contributed by atoms with Gasteiger partial charge in [0.25, 0.3) is 0 Å². The van der Waals surface area contributed by atoms with Gasteiger partial charge >= 0.3 is 5.97 Å². The highest BCUT2D eigenvalue weighted by atomic mass is 16.5. The van der Waals surface area contributed by atoms with Gasteiger partial charge in [0.15, 0.2) is 0 Å². The molecule has 0 aromatic heterocycles. The fraction of sp³-hybridized carbons (Fsp3) is 0.333. The zero-order chi connectivity index (χ0) is 12.7. The quantitative estimate of drug-likeness (QED) is 0.620. The van der Waals surface area contributed by atoms with E-state index in [1.165, 1.54) is 19.4 Å². The van der Waals surface area contributed by atoms with Crippen molar-refractivity contribution >= 4 is 12.2 Å². The lowest BCUT2D eigenvalue weighted by atomic mass is 10.2. The Hall–Kier alpha value is -2.04. The molecule has 17 heavy (non-hydrogen) atoms. The SMILES string of the molecule is CCOC(=O)CN=Cc1ccc(OC)cc1O. The molecule has 0 bridgehead atoms. The van der Waals surface area contributed by atoms with Gasteiger partial charge in [-0.1, -0.05) is 0 Å². The predicted molar refractivity (Wildman–Crippen MR) is 63.8 cm³/mol. The Kier molecular flexibility index (Phi) is 5.00. The van der Waals surface area contributed by atoms with Gasteiger partial charge in [-0.2, -0.15) is 0 Å². The summed E-state index contributed by atoms with van der Waals surface area (Å²) in [5.41, 5.74) is 0.523. The summed E-state index contributed by atoms with van der Waals surface area (Å²) < 4.78 is 9.66. The molecule has 1 aromatic carbocycles. The van der Waals surface area contributed by atoms with E-state index in [4.69, 9.17) is 9.47 Å². The van der Waals surface area contributed by atoms with Gasteiger partial charge in [-0.25, -0.2) is 0 Å². The number of phenols is 1. The van der Waals surface area contributed by atoms with E-state index in [0.717, 1.165) is 0 Å². The number of aromatic hydroxyl groups is 1. The highest BCUT2D eigenvalue weighted by molar-refractivity contribution is 5.85. The van der Waals surface area contributed by atoms with Gasteiger partial charge in [-0.15, -0.1) is 0 Å². The van der Waals surface area contributed by atoms with Crippen LogP contribution < -0.4 is 4.74 Å². The number of hydrogen-bond donors (Lipinski definition) is 1. The number of rotatable bonds is 5. The highest BCUT2D eigenvalue weighted by Crippen LogP contribution is 2.21. The topological polar surface area (TPSA) is 68.1 Å². The molecule has 0 aliphatic rings. The number of carbonyl (C=O) groups excluding carboxylic acids is 1. The van der Waals surface area contributed by atoms with Crippen molar-refractivity contribution in [1.82, 2.24) is 0 Å². The van der Waals surface area contributed by atoms with Gasteiger partial charge < -0.3 is 14.6 Å². The van der Waals surface area contributed by atoms with Crippen molar-refractivity contribution in [2.75, 3.05) is 20.3 Å². The van der Waals surface area contributed by atoms with Crippen molar-refractivity contribution in [2.24, 2.45) is 4.99 Å². The Morgan fingerprint density at radius 2 is 2.29 bits per heavy atom. The highest BCUT2D eigenvalue weighted by Gasteiger charge is 2.01. The molecule has 0 fully saturated rings. The number of ether oxygens (including phenoxy) is 2. The molecule has 0 atom stereocenters. The lowest BCUT2D eigenvalue weighted by Gasteiger charge is -2.02. The number of phenolic OH excluding ortho intramolecular Hbond substituents is 1. The molecule has 0 heterocycles. The number of aliphatic imine (C=N–C) groups is 1. The van der Waals surface area contributed by atoms with E-state index in [0.29, 0.717) is 17.9 Å². The minimum atomic E-state index is -0.392. The second-order valence-corrected chi connectivity index (χ2v) is 3.20. The standard InChI is InChI=1S/C12H15NO4/c1-3-17-12(15)8-13-7-9-4-5-10(16-2)6-11(9)14/h4-7,14H,3,8H2,1-2H3. The molecular formula is C12H15NO4. The average molecular weight is 237 g/mol. The van der Waals surface area contributed by atoms with Crippen LogP contribution in [0, 0.1) is 0 Å². The van der Waals surface area contributed by atoms with Crippen LogP contribution in [-0.2, 0) is 9.53 Å². The molecule has 1 rings (SSSR count). The van der Waals surface area contributed by atoms with Crippen molar-refractivity contribution < 1.29 is 19.4 Å². The van der Waals surface area contributed by atoms with Crippen molar-refractivity contribution in [3.05, 3.63) is 23.8 Å². The molecule has 0 aliphatic carbocycles. The lowest BCUT2D eigenvalue weighted by Crippen LogP contribution is -2.07. The summed E-state index contributed by atoms with van der Waals surface area (Å²) in [6.45, 7) is 2.01. The first kappa shape index (κ1) is 13.0.